The minimum absolute atomic E-state index is 0.0499. The van der Waals surface area contributed by atoms with Gasteiger partial charge < -0.3 is 15.1 Å². The van der Waals surface area contributed by atoms with Crippen LogP contribution in [-0.2, 0) is 16.3 Å². The Balaban J connectivity index is 1.47. The average Bonchev–Trinajstić information content (AvgIpc) is 3.15. The third-order valence-corrected chi connectivity index (χ3v) is 6.52. The number of nitrogens with zero attached hydrogens (tertiary/aromatic N) is 4. The number of amides is 3. The van der Waals surface area contributed by atoms with Gasteiger partial charge in [0, 0.05) is 38.7 Å². The van der Waals surface area contributed by atoms with Crippen molar-refractivity contribution in [3.8, 4) is 0 Å². The van der Waals surface area contributed by atoms with Gasteiger partial charge in [0.1, 0.15) is 5.01 Å². The van der Waals surface area contributed by atoms with Crippen LogP contribution < -0.4 is 5.32 Å². The summed E-state index contributed by atoms with van der Waals surface area (Å²) in [6.07, 6.45) is 1.61. The molecule has 7 nitrogen and oxygen atoms in total. The number of nitrogens with one attached hydrogen (secondary N) is 1. The molecule has 1 saturated heterocycles. The van der Waals surface area contributed by atoms with Crippen molar-refractivity contribution >= 4 is 40.2 Å². The molecule has 2 heterocycles. The van der Waals surface area contributed by atoms with E-state index >= 15 is 0 Å². The van der Waals surface area contributed by atoms with Crippen molar-refractivity contribution in [2.45, 2.75) is 24.3 Å². The molecule has 0 radical (unpaired) electrons. The molecule has 1 N–H and O–H groups in total. The predicted octanol–water partition coefficient (Wildman–Crippen LogP) is 3.30. The molecule has 3 rings (SSSR count). The van der Waals surface area contributed by atoms with Gasteiger partial charge in [0.2, 0.25) is 11.0 Å². The van der Waals surface area contributed by atoms with Gasteiger partial charge in [0.05, 0.1) is 5.92 Å². The molecule has 1 aliphatic rings. The number of carbonyl (C=O) groups is 2. The summed E-state index contributed by atoms with van der Waals surface area (Å²) in [6, 6.07) is 10.2. The molecule has 0 aliphatic carbocycles. The molecule has 0 bridgehead atoms. The molecule has 28 heavy (non-hydrogen) atoms. The van der Waals surface area contributed by atoms with Crippen LogP contribution in [0.15, 0.2) is 30.3 Å². The van der Waals surface area contributed by atoms with Crippen LogP contribution in [0.3, 0.4) is 0 Å². The Bertz CT molecular complexity index is 797. The van der Waals surface area contributed by atoms with E-state index in [-0.39, 0.29) is 17.9 Å². The lowest BCUT2D eigenvalue weighted by molar-refractivity contribution is -0.121. The molecule has 3 amide bonds. The number of carbonyl (C=O) groups excluding carboxylic acids is 2. The highest BCUT2D eigenvalue weighted by molar-refractivity contribution is 7.97. The molecule has 1 aliphatic heterocycles. The summed E-state index contributed by atoms with van der Waals surface area (Å²) < 4.78 is 0. The second-order valence-electron chi connectivity index (χ2n) is 6.93. The Hall–Kier alpha value is -2.13. The van der Waals surface area contributed by atoms with Gasteiger partial charge in [-0.2, -0.15) is 0 Å². The lowest BCUT2D eigenvalue weighted by Gasteiger charge is -2.33. The highest BCUT2D eigenvalue weighted by Crippen LogP contribution is 2.24. The first-order valence-corrected chi connectivity index (χ1v) is 11.2. The molecule has 0 saturated carbocycles. The molecule has 150 valence electrons. The zero-order valence-corrected chi connectivity index (χ0v) is 17.8. The number of piperidine rings is 1. The van der Waals surface area contributed by atoms with Crippen LogP contribution in [0.4, 0.5) is 9.93 Å². The molecular weight excluding hydrogens is 394 g/mol. The number of rotatable bonds is 6. The van der Waals surface area contributed by atoms with Crippen molar-refractivity contribution < 1.29 is 9.59 Å². The number of thioether (sulfide) groups is 1. The van der Waals surface area contributed by atoms with Gasteiger partial charge in [-0.3, -0.25) is 4.79 Å². The third kappa shape index (κ3) is 5.68. The zero-order chi connectivity index (χ0) is 19.9. The molecule has 9 heteroatoms. The Morgan fingerprint density at radius 1 is 1.25 bits per heavy atom. The van der Waals surface area contributed by atoms with Gasteiger partial charge in [0.15, 0.2) is 0 Å². The van der Waals surface area contributed by atoms with Crippen molar-refractivity contribution in [2.75, 3.05) is 32.5 Å². The van der Waals surface area contributed by atoms with E-state index < -0.39 is 0 Å². The molecule has 1 atom stereocenters. The van der Waals surface area contributed by atoms with Crippen LogP contribution >= 0.6 is 23.1 Å². The van der Waals surface area contributed by atoms with Crippen LogP contribution in [0.5, 0.6) is 0 Å². The van der Waals surface area contributed by atoms with Crippen molar-refractivity contribution in [3.63, 3.8) is 0 Å². The van der Waals surface area contributed by atoms with Crippen molar-refractivity contribution in [1.82, 2.24) is 20.0 Å². The fraction of sp³-hybridized carbons (Fsp3) is 0.474. The maximum absolute atomic E-state index is 12.6. The predicted molar refractivity (Wildman–Crippen MR) is 113 cm³/mol. The second kappa shape index (κ2) is 9.88. The number of hydrogen-bond donors (Lipinski definition) is 1. The van der Waals surface area contributed by atoms with Gasteiger partial charge in [-0.1, -0.05) is 41.7 Å². The maximum atomic E-state index is 12.6. The van der Waals surface area contributed by atoms with Gasteiger partial charge in [-0.25, -0.2) is 4.79 Å². The van der Waals surface area contributed by atoms with Crippen molar-refractivity contribution in [1.29, 1.82) is 0 Å². The third-order valence-electron chi connectivity index (χ3n) is 4.48. The van der Waals surface area contributed by atoms with E-state index in [1.807, 2.05) is 18.2 Å². The summed E-state index contributed by atoms with van der Waals surface area (Å²) in [4.78, 5) is 28.0. The van der Waals surface area contributed by atoms with Crippen molar-refractivity contribution in [2.24, 2.45) is 5.92 Å². The maximum Gasteiger partial charge on any atom is 0.319 e. The summed E-state index contributed by atoms with van der Waals surface area (Å²) in [5, 5.41) is 12.6. The zero-order valence-electron chi connectivity index (χ0n) is 16.1. The number of hydrogen-bond acceptors (Lipinski definition) is 6. The van der Waals surface area contributed by atoms with E-state index in [2.05, 4.69) is 27.6 Å². The first-order chi connectivity index (χ1) is 13.5. The van der Waals surface area contributed by atoms with Gasteiger partial charge in [-0.05, 0) is 18.4 Å². The molecule has 1 fully saturated rings. The molecule has 2 aromatic rings. The van der Waals surface area contributed by atoms with Crippen LogP contribution in [0.2, 0.25) is 0 Å². The number of urea groups is 1. The minimum atomic E-state index is -0.211. The topological polar surface area (TPSA) is 78.4 Å². The Kier molecular flexibility index (Phi) is 7.27. The standard InChI is InChI=1S/C19H25N5O2S2/c1-23(2)19(26)24-10-6-9-15(11-24)17(25)20-18-22-21-16(28-18)13-27-12-14-7-4-3-5-8-14/h3-5,7-8,15H,6,9-13H2,1-2H3,(H,20,22,25). The highest BCUT2D eigenvalue weighted by Gasteiger charge is 2.29. The molecule has 1 unspecified atom stereocenters. The number of aromatic nitrogens is 2. The van der Waals surface area contributed by atoms with E-state index in [1.165, 1.54) is 16.9 Å². The van der Waals surface area contributed by atoms with E-state index in [0.717, 1.165) is 29.4 Å². The summed E-state index contributed by atoms with van der Waals surface area (Å²) in [5.74, 6) is 1.38. The van der Waals surface area contributed by atoms with Gasteiger partial charge >= 0.3 is 6.03 Å². The quantitative estimate of drug-likeness (QED) is 0.777. The first-order valence-electron chi connectivity index (χ1n) is 9.24. The van der Waals surface area contributed by atoms with Gasteiger partial charge in [-0.15, -0.1) is 22.0 Å². The van der Waals surface area contributed by atoms with Crippen LogP contribution in [0, 0.1) is 5.92 Å². The normalized spacial score (nSPS) is 16.6. The Morgan fingerprint density at radius 2 is 2.04 bits per heavy atom. The lowest BCUT2D eigenvalue weighted by Crippen LogP contribution is -2.47. The minimum Gasteiger partial charge on any atom is -0.331 e. The molecule has 1 aromatic carbocycles. The molecule has 0 spiro atoms. The van der Waals surface area contributed by atoms with E-state index in [1.54, 1.807) is 35.7 Å². The van der Waals surface area contributed by atoms with Crippen LogP contribution in [0.1, 0.15) is 23.4 Å². The number of likely N-dealkylation sites (tertiary alicyclic amines) is 1. The average molecular weight is 420 g/mol. The molecular formula is C19H25N5O2S2. The fourth-order valence-corrected chi connectivity index (χ4v) is 4.83. The monoisotopic (exact) mass is 419 g/mol. The SMILES string of the molecule is CN(C)C(=O)N1CCCC(C(=O)Nc2nnc(CSCc3ccccc3)s2)C1. The van der Waals surface area contributed by atoms with Crippen molar-refractivity contribution in [3.05, 3.63) is 40.9 Å². The Labute approximate surface area is 173 Å². The summed E-state index contributed by atoms with van der Waals surface area (Å²) >= 11 is 3.18. The van der Waals surface area contributed by atoms with Crippen LogP contribution in [0.25, 0.3) is 0 Å². The number of anilines is 1. The largest absolute Gasteiger partial charge is 0.331 e. The number of benzene rings is 1. The highest BCUT2D eigenvalue weighted by atomic mass is 32.2. The fourth-order valence-electron chi connectivity index (χ4n) is 3.05. The van der Waals surface area contributed by atoms with E-state index in [9.17, 15) is 9.59 Å². The second-order valence-corrected chi connectivity index (χ2v) is 8.98. The molecule has 1 aromatic heterocycles. The summed E-state index contributed by atoms with van der Waals surface area (Å²) in [5.41, 5.74) is 1.28. The smallest absolute Gasteiger partial charge is 0.319 e. The van der Waals surface area contributed by atoms with E-state index in [0.29, 0.717) is 18.2 Å². The van der Waals surface area contributed by atoms with E-state index in [4.69, 9.17) is 0 Å². The van der Waals surface area contributed by atoms with Gasteiger partial charge in [0.25, 0.3) is 0 Å². The first kappa shape index (κ1) is 20.6. The van der Waals surface area contributed by atoms with Crippen LogP contribution in [-0.4, -0.2) is 59.1 Å². The summed E-state index contributed by atoms with van der Waals surface area (Å²) in [6.45, 7) is 1.14. The Morgan fingerprint density at radius 3 is 2.79 bits per heavy atom. The lowest BCUT2D eigenvalue weighted by atomic mass is 9.97. The summed E-state index contributed by atoms with van der Waals surface area (Å²) in [7, 11) is 3.45.